The molecule has 9 heteroatoms. The molecule has 0 radical (unpaired) electrons. The Morgan fingerprint density at radius 3 is 2.81 bits per heavy atom. The van der Waals surface area contributed by atoms with Gasteiger partial charge in [0.15, 0.2) is 10.2 Å². The van der Waals surface area contributed by atoms with Crippen LogP contribution in [0.2, 0.25) is 0 Å². The molecule has 0 bridgehead atoms. The molecular formula is C18H14BrN5OS2. The highest BCUT2D eigenvalue weighted by Crippen LogP contribution is 2.30. The number of rotatable bonds is 7. The molecule has 0 atom stereocenters. The van der Waals surface area contributed by atoms with Gasteiger partial charge in [-0.15, -0.1) is 10.2 Å². The summed E-state index contributed by atoms with van der Waals surface area (Å²) in [6.45, 7) is 0. The van der Waals surface area contributed by atoms with Crippen LogP contribution in [0.25, 0.3) is 0 Å². The van der Waals surface area contributed by atoms with Gasteiger partial charge in [-0.05, 0) is 23.8 Å². The minimum Gasteiger partial charge on any atom is -0.338 e. The first-order valence-corrected chi connectivity index (χ1v) is 10.7. The van der Waals surface area contributed by atoms with Gasteiger partial charge in [-0.1, -0.05) is 80.6 Å². The van der Waals surface area contributed by atoms with Crippen LogP contribution in [0.1, 0.15) is 17.3 Å². The third-order valence-corrected chi connectivity index (χ3v) is 5.97. The van der Waals surface area contributed by atoms with E-state index in [1.807, 2.05) is 54.6 Å². The molecule has 0 saturated carbocycles. The van der Waals surface area contributed by atoms with E-state index in [9.17, 15) is 0 Å². The summed E-state index contributed by atoms with van der Waals surface area (Å²) < 4.78 is 7.18. The van der Waals surface area contributed by atoms with Gasteiger partial charge in [0.25, 0.3) is 0 Å². The van der Waals surface area contributed by atoms with Crippen LogP contribution in [-0.2, 0) is 12.2 Å². The highest BCUT2D eigenvalue weighted by Gasteiger charge is 2.10. The zero-order valence-corrected chi connectivity index (χ0v) is 17.2. The van der Waals surface area contributed by atoms with Crippen molar-refractivity contribution in [2.45, 2.75) is 16.5 Å². The van der Waals surface area contributed by atoms with Crippen LogP contribution in [0.5, 0.6) is 0 Å². The summed E-state index contributed by atoms with van der Waals surface area (Å²) in [5, 5.41) is 16.4. The van der Waals surface area contributed by atoms with E-state index in [0.717, 1.165) is 25.2 Å². The van der Waals surface area contributed by atoms with Gasteiger partial charge in [0.2, 0.25) is 11.0 Å². The fourth-order valence-corrected chi connectivity index (χ4v) is 4.34. The van der Waals surface area contributed by atoms with Crippen LogP contribution in [0.3, 0.4) is 0 Å². The Hall–Kier alpha value is -2.23. The van der Waals surface area contributed by atoms with Gasteiger partial charge >= 0.3 is 0 Å². The predicted molar refractivity (Wildman–Crippen MR) is 110 cm³/mol. The highest BCUT2D eigenvalue weighted by atomic mass is 79.9. The molecule has 4 aromatic rings. The first kappa shape index (κ1) is 18.1. The normalized spacial score (nSPS) is 10.9. The molecule has 0 amide bonds. The maximum atomic E-state index is 5.33. The maximum absolute atomic E-state index is 5.33. The molecule has 27 heavy (non-hydrogen) atoms. The van der Waals surface area contributed by atoms with E-state index in [1.54, 1.807) is 0 Å². The number of aromatic nitrogens is 4. The SMILES string of the molecule is Brc1cccc(Nc2nnc(SCc3nc(Cc4ccccc4)no3)s2)c1. The number of halogens is 1. The average molecular weight is 460 g/mol. The van der Waals surface area contributed by atoms with Crippen molar-refractivity contribution in [2.24, 2.45) is 0 Å². The summed E-state index contributed by atoms with van der Waals surface area (Å²) in [5.74, 6) is 1.83. The van der Waals surface area contributed by atoms with Crippen molar-refractivity contribution in [1.29, 1.82) is 0 Å². The van der Waals surface area contributed by atoms with Crippen LogP contribution in [-0.4, -0.2) is 20.3 Å². The molecule has 0 fully saturated rings. The summed E-state index contributed by atoms with van der Waals surface area (Å²) in [4.78, 5) is 4.44. The molecule has 2 heterocycles. The predicted octanol–water partition coefficient (Wildman–Crippen LogP) is 5.31. The number of thioether (sulfide) groups is 1. The van der Waals surface area contributed by atoms with Crippen LogP contribution < -0.4 is 5.32 Å². The summed E-state index contributed by atoms with van der Waals surface area (Å²) in [6, 6.07) is 18.0. The minimum atomic E-state index is 0.563. The van der Waals surface area contributed by atoms with Crippen molar-refractivity contribution < 1.29 is 4.52 Å². The molecule has 0 aliphatic rings. The fourth-order valence-electron chi connectivity index (χ4n) is 2.33. The van der Waals surface area contributed by atoms with Gasteiger partial charge < -0.3 is 9.84 Å². The van der Waals surface area contributed by atoms with Crippen LogP contribution >= 0.6 is 39.0 Å². The topological polar surface area (TPSA) is 76.7 Å². The van der Waals surface area contributed by atoms with Crippen molar-refractivity contribution in [3.8, 4) is 0 Å². The van der Waals surface area contributed by atoms with Crippen molar-refractivity contribution in [1.82, 2.24) is 20.3 Å². The van der Waals surface area contributed by atoms with Crippen molar-refractivity contribution in [3.63, 3.8) is 0 Å². The first-order valence-electron chi connectivity index (χ1n) is 8.09. The van der Waals surface area contributed by atoms with E-state index < -0.39 is 0 Å². The third-order valence-electron chi connectivity index (χ3n) is 3.52. The molecule has 0 spiro atoms. The zero-order valence-electron chi connectivity index (χ0n) is 14.0. The standard InChI is InChI=1S/C18H14BrN5OS2/c19-13-7-4-8-14(10-13)20-17-22-23-18(27-17)26-11-16-21-15(24-25-16)9-12-5-2-1-3-6-12/h1-8,10H,9,11H2,(H,20,22). The Bertz CT molecular complexity index is 1020. The van der Waals surface area contributed by atoms with Crippen molar-refractivity contribution in [2.75, 3.05) is 5.32 Å². The number of nitrogens with one attached hydrogen (secondary N) is 1. The monoisotopic (exact) mass is 459 g/mol. The van der Waals surface area contributed by atoms with Crippen molar-refractivity contribution >= 4 is 49.8 Å². The second-order valence-electron chi connectivity index (χ2n) is 5.56. The lowest BCUT2D eigenvalue weighted by Gasteiger charge is -2.01. The molecular weight excluding hydrogens is 446 g/mol. The summed E-state index contributed by atoms with van der Waals surface area (Å²) in [7, 11) is 0. The molecule has 136 valence electrons. The molecule has 0 aliphatic heterocycles. The van der Waals surface area contributed by atoms with Crippen LogP contribution in [0, 0.1) is 0 Å². The van der Waals surface area contributed by atoms with Crippen LogP contribution in [0.4, 0.5) is 10.8 Å². The Balaban J connectivity index is 1.32. The zero-order chi connectivity index (χ0) is 18.5. The van der Waals surface area contributed by atoms with Gasteiger partial charge in [-0.2, -0.15) is 4.98 Å². The van der Waals surface area contributed by atoms with E-state index in [2.05, 4.69) is 41.6 Å². The Morgan fingerprint density at radius 1 is 1.07 bits per heavy atom. The molecule has 2 aromatic heterocycles. The second-order valence-corrected chi connectivity index (χ2v) is 8.68. The number of hydrogen-bond acceptors (Lipinski definition) is 8. The third kappa shape index (κ3) is 5.15. The molecule has 6 nitrogen and oxygen atoms in total. The van der Waals surface area contributed by atoms with Crippen LogP contribution in [0.15, 0.2) is 67.9 Å². The van der Waals surface area contributed by atoms with E-state index in [4.69, 9.17) is 4.52 Å². The lowest BCUT2D eigenvalue weighted by Crippen LogP contribution is -1.90. The minimum absolute atomic E-state index is 0.563. The van der Waals surface area contributed by atoms with Gasteiger partial charge in [-0.25, -0.2) is 0 Å². The van der Waals surface area contributed by atoms with E-state index in [1.165, 1.54) is 23.1 Å². The van der Waals surface area contributed by atoms with Gasteiger partial charge in [0, 0.05) is 16.6 Å². The largest absolute Gasteiger partial charge is 0.338 e. The lowest BCUT2D eigenvalue weighted by molar-refractivity contribution is 0.386. The molecule has 2 aromatic carbocycles. The lowest BCUT2D eigenvalue weighted by atomic mass is 10.1. The summed E-state index contributed by atoms with van der Waals surface area (Å²) >= 11 is 6.47. The Morgan fingerprint density at radius 2 is 1.96 bits per heavy atom. The molecule has 4 rings (SSSR count). The quantitative estimate of drug-likeness (QED) is 0.375. The van der Waals surface area contributed by atoms with E-state index in [-0.39, 0.29) is 0 Å². The number of anilines is 2. The highest BCUT2D eigenvalue weighted by molar-refractivity contribution is 9.10. The van der Waals surface area contributed by atoms with Gasteiger partial charge in [-0.3, -0.25) is 0 Å². The smallest absolute Gasteiger partial charge is 0.237 e. The number of hydrogen-bond donors (Lipinski definition) is 1. The Labute approximate surface area is 172 Å². The maximum Gasteiger partial charge on any atom is 0.237 e. The fraction of sp³-hybridized carbons (Fsp3) is 0.111. The number of benzene rings is 2. The van der Waals surface area contributed by atoms with Gasteiger partial charge in [0.05, 0.1) is 5.75 Å². The summed E-state index contributed by atoms with van der Waals surface area (Å²) in [5.41, 5.74) is 2.12. The van der Waals surface area contributed by atoms with Crippen molar-refractivity contribution in [3.05, 3.63) is 76.3 Å². The molecule has 0 aliphatic carbocycles. The second kappa shape index (κ2) is 8.64. The van der Waals surface area contributed by atoms with E-state index in [0.29, 0.717) is 23.9 Å². The first-order chi connectivity index (χ1) is 13.2. The molecule has 0 saturated heterocycles. The Kier molecular flexibility index (Phi) is 5.81. The van der Waals surface area contributed by atoms with E-state index >= 15 is 0 Å². The average Bonchev–Trinajstić information content (AvgIpc) is 3.30. The number of nitrogens with zero attached hydrogens (tertiary/aromatic N) is 4. The van der Waals surface area contributed by atoms with Gasteiger partial charge in [0.1, 0.15) is 0 Å². The summed E-state index contributed by atoms with van der Waals surface area (Å²) in [6.07, 6.45) is 0.661. The molecule has 1 N–H and O–H groups in total. The molecule has 0 unspecified atom stereocenters.